The lowest BCUT2D eigenvalue weighted by molar-refractivity contribution is 0.404. The van der Waals surface area contributed by atoms with Crippen molar-refractivity contribution in [3.63, 3.8) is 0 Å². The number of rotatable bonds is 8. The Bertz CT molecular complexity index is 120. The molecule has 2 atom stereocenters. The molecule has 0 aromatic carbocycles. The normalized spacial score (nSPS) is 15.9. The first-order valence-electron chi connectivity index (χ1n) is 6.32. The molecule has 0 aromatic heterocycles. The maximum atomic E-state index is 3.65. The van der Waals surface area contributed by atoms with E-state index >= 15 is 0 Å². The van der Waals surface area contributed by atoms with Gasteiger partial charge in [0.2, 0.25) is 0 Å². The number of nitrogens with one attached hydrogen (secondary N) is 1. The van der Waals surface area contributed by atoms with Crippen molar-refractivity contribution in [2.45, 2.75) is 78.8 Å². The van der Waals surface area contributed by atoms with Gasteiger partial charge in [-0.05, 0) is 32.6 Å². The van der Waals surface area contributed by atoms with Crippen LogP contribution >= 0.6 is 0 Å². The van der Waals surface area contributed by atoms with E-state index in [0.29, 0.717) is 12.1 Å². The Morgan fingerprint density at radius 1 is 0.857 bits per heavy atom. The van der Waals surface area contributed by atoms with Gasteiger partial charge in [0.1, 0.15) is 0 Å². The van der Waals surface area contributed by atoms with E-state index < -0.39 is 0 Å². The molecule has 0 fully saturated rings. The van der Waals surface area contributed by atoms with Crippen LogP contribution in [0.1, 0.15) is 66.7 Å². The van der Waals surface area contributed by atoms with E-state index in [1.165, 1.54) is 32.1 Å². The summed E-state index contributed by atoms with van der Waals surface area (Å²) in [5.41, 5.74) is 0. The third-order valence-electron chi connectivity index (χ3n) is 2.71. The third-order valence-corrected chi connectivity index (χ3v) is 2.71. The van der Waals surface area contributed by atoms with Gasteiger partial charge in [-0.1, -0.05) is 40.0 Å². The minimum Gasteiger partial charge on any atom is -0.312 e. The summed E-state index contributed by atoms with van der Waals surface area (Å²) in [4.78, 5) is 0. The first-order valence-corrected chi connectivity index (χ1v) is 6.32. The average Bonchev–Trinajstić information content (AvgIpc) is 2.03. The van der Waals surface area contributed by atoms with Crippen LogP contribution in [0.2, 0.25) is 0 Å². The Labute approximate surface area is 90.7 Å². The van der Waals surface area contributed by atoms with Crippen LogP contribution in [0.4, 0.5) is 0 Å². The standard InChI is InChI=1S/C13H29N/c1-6-8-12(4)14-13(5)10-7-9-11(2)3/h11-14H,6-10H2,1-5H3. The van der Waals surface area contributed by atoms with Crippen LogP contribution in [0, 0.1) is 5.92 Å². The van der Waals surface area contributed by atoms with Gasteiger partial charge in [0.25, 0.3) is 0 Å². The summed E-state index contributed by atoms with van der Waals surface area (Å²) >= 11 is 0. The molecule has 0 rings (SSSR count). The van der Waals surface area contributed by atoms with Crippen molar-refractivity contribution in [2.75, 3.05) is 0 Å². The van der Waals surface area contributed by atoms with Gasteiger partial charge >= 0.3 is 0 Å². The van der Waals surface area contributed by atoms with Gasteiger partial charge in [0.05, 0.1) is 0 Å². The largest absolute Gasteiger partial charge is 0.312 e. The second kappa shape index (κ2) is 8.28. The molecule has 0 radical (unpaired) electrons. The van der Waals surface area contributed by atoms with E-state index in [4.69, 9.17) is 0 Å². The van der Waals surface area contributed by atoms with Gasteiger partial charge in [-0.15, -0.1) is 0 Å². The predicted molar refractivity (Wildman–Crippen MR) is 65.7 cm³/mol. The SMILES string of the molecule is CCCC(C)NC(C)CCCC(C)C. The van der Waals surface area contributed by atoms with Crippen LogP contribution < -0.4 is 5.32 Å². The molecule has 0 saturated carbocycles. The molecule has 86 valence electrons. The summed E-state index contributed by atoms with van der Waals surface area (Å²) in [6.07, 6.45) is 6.65. The lowest BCUT2D eigenvalue weighted by Gasteiger charge is -2.19. The second-order valence-corrected chi connectivity index (χ2v) is 5.08. The molecular weight excluding hydrogens is 170 g/mol. The molecule has 1 heteroatoms. The zero-order chi connectivity index (χ0) is 11.0. The summed E-state index contributed by atoms with van der Waals surface area (Å²) < 4.78 is 0. The van der Waals surface area contributed by atoms with E-state index in [-0.39, 0.29) is 0 Å². The van der Waals surface area contributed by atoms with Crippen LogP contribution in [0.3, 0.4) is 0 Å². The summed E-state index contributed by atoms with van der Waals surface area (Å²) in [7, 11) is 0. The minimum atomic E-state index is 0.689. The summed E-state index contributed by atoms with van der Waals surface area (Å²) in [6.45, 7) is 11.5. The van der Waals surface area contributed by atoms with E-state index in [2.05, 4.69) is 39.9 Å². The average molecular weight is 199 g/mol. The van der Waals surface area contributed by atoms with Crippen molar-refractivity contribution in [2.24, 2.45) is 5.92 Å². The molecule has 0 bridgehead atoms. The summed E-state index contributed by atoms with van der Waals surface area (Å²) in [6, 6.07) is 1.38. The Balaban J connectivity index is 3.39. The molecule has 0 saturated heterocycles. The Kier molecular flexibility index (Phi) is 8.26. The maximum Gasteiger partial charge on any atom is 0.00412 e. The zero-order valence-electron chi connectivity index (χ0n) is 10.8. The van der Waals surface area contributed by atoms with Crippen molar-refractivity contribution in [3.05, 3.63) is 0 Å². The fraction of sp³-hybridized carbons (Fsp3) is 1.00. The minimum absolute atomic E-state index is 0.689. The van der Waals surface area contributed by atoms with Crippen molar-refractivity contribution in [1.82, 2.24) is 5.32 Å². The third kappa shape index (κ3) is 8.55. The predicted octanol–water partition coefficient (Wildman–Crippen LogP) is 3.98. The first kappa shape index (κ1) is 14.0. The zero-order valence-corrected chi connectivity index (χ0v) is 10.8. The molecular formula is C13H29N. The molecule has 0 aliphatic heterocycles. The molecule has 1 N–H and O–H groups in total. The summed E-state index contributed by atoms with van der Waals surface area (Å²) in [5, 5.41) is 3.65. The first-order chi connectivity index (χ1) is 6.56. The van der Waals surface area contributed by atoms with E-state index in [9.17, 15) is 0 Å². The van der Waals surface area contributed by atoms with Gasteiger partial charge in [0, 0.05) is 12.1 Å². The lowest BCUT2D eigenvalue weighted by atomic mass is 10.0. The highest BCUT2D eigenvalue weighted by Crippen LogP contribution is 2.09. The molecule has 0 aliphatic carbocycles. The highest BCUT2D eigenvalue weighted by Gasteiger charge is 2.06. The Morgan fingerprint density at radius 2 is 1.43 bits per heavy atom. The molecule has 0 spiro atoms. The topological polar surface area (TPSA) is 12.0 Å². The fourth-order valence-electron chi connectivity index (χ4n) is 1.92. The molecule has 0 amide bonds. The smallest absolute Gasteiger partial charge is 0.00412 e. The quantitative estimate of drug-likeness (QED) is 0.623. The molecule has 0 aromatic rings. The molecule has 1 nitrogen and oxygen atoms in total. The molecule has 14 heavy (non-hydrogen) atoms. The molecule has 0 aliphatic rings. The van der Waals surface area contributed by atoms with Crippen LogP contribution in [0.25, 0.3) is 0 Å². The Hall–Kier alpha value is -0.0400. The van der Waals surface area contributed by atoms with Crippen LogP contribution in [-0.2, 0) is 0 Å². The molecule has 2 unspecified atom stereocenters. The monoisotopic (exact) mass is 199 g/mol. The van der Waals surface area contributed by atoms with Crippen molar-refractivity contribution < 1.29 is 0 Å². The van der Waals surface area contributed by atoms with Gasteiger partial charge in [-0.3, -0.25) is 0 Å². The van der Waals surface area contributed by atoms with Crippen molar-refractivity contribution >= 4 is 0 Å². The number of hydrogen-bond acceptors (Lipinski definition) is 1. The number of hydrogen-bond donors (Lipinski definition) is 1. The van der Waals surface area contributed by atoms with Crippen LogP contribution in [0.15, 0.2) is 0 Å². The van der Waals surface area contributed by atoms with Crippen molar-refractivity contribution in [3.8, 4) is 0 Å². The van der Waals surface area contributed by atoms with Gasteiger partial charge in [-0.25, -0.2) is 0 Å². The van der Waals surface area contributed by atoms with Gasteiger partial charge < -0.3 is 5.32 Å². The second-order valence-electron chi connectivity index (χ2n) is 5.08. The van der Waals surface area contributed by atoms with Crippen molar-refractivity contribution in [1.29, 1.82) is 0 Å². The fourth-order valence-corrected chi connectivity index (χ4v) is 1.92. The highest BCUT2D eigenvalue weighted by atomic mass is 14.9. The van der Waals surface area contributed by atoms with Crippen LogP contribution in [0.5, 0.6) is 0 Å². The van der Waals surface area contributed by atoms with E-state index in [1.54, 1.807) is 0 Å². The van der Waals surface area contributed by atoms with E-state index in [0.717, 1.165) is 5.92 Å². The maximum absolute atomic E-state index is 3.65. The molecule has 0 heterocycles. The van der Waals surface area contributed by atoms with E-state index in [1.807, 2.05) is 0 Å². The van der Waals surface area contributed by atoms with Crippen LogP contribution in [-0.4, -0.2) is 12.1 Å². The highest BCUT2D eigenvalue weighted by molar-refractivity contribution is 4.67. The van der Waals surface area contributed by atoms with Gasteiger partial charge in [-0.2, -0.15) is 0 Å². The lowest BCUT2D eigenvalue weighted by Crippen LogP contribution is -2.34. The Morgan fingerprint density at radius 3 is 1.93 bits per heavy atom. The van der Waals surface area contributed by atoms with Gasteiger partial charge in [0.15, 0.2) is 0 Å². The summed E-state index contributed by atoms with van der Waals surface area (Å²) in [5.74, 6) is 0.857.